The highest BCUT2D eigenvalue weighted by atomic mass is 16.6. The molecule has 6 rings (SSSR count). The molecule has 1 atom stereocenters. The molecule has 4 aliphatic carbocycles. The molecule has 3 N–H and O–H groups in total. The maximum Gasteiger partial charge on any atom is 0.408 e. The van der Waals surface area contributed by atoms with E-state index in [4.69, 9.17) is 4.74 Å². The van der Waals surface area contributed by atoms with Gasteiger partial charge in [-0.05, 0) is 73.8 Å². The number of H-pyrrole nitrogens is 1. The van der Waals surface area contributed by atoms with Gasteiger partial charge in [0.05, 0.1) is 0 Å². The number of aliphatic carboxylic acids is 1. The van der Waals surface area contributed by atoms with Crippen LogP contribution in [0.5, 0.6) is 0 Å². The highest BCUT2D eigenvalue weighted by Crippen LogP contribution is 2.54. The first kappa shape index (κ1) is 19.5. The second-order valence-electron chi connectivity index (χ2n) is 9.70. The highest BCUT2D eigenvalue weighted by molar-refractivity contribution is 5.88. The number of carbonyl (C=O) groups is 2. The summed E-state index contributed by atoms with van der Waals surface area (Å²) in [5.74, 6) is 1.46. The van der Waals surface area contributed by atoms with Gasteiger partial charge >= 0.3 is 12.1 Å². The number of carboxylic acids is 1. The molecule has 6 heteroatoms. The van der Waals surface area contributed by atoms with Crippen molar-refractivity contribution in [1.29, 1.82) is 0 Å². The Hall–Kier alpha value is -2.50. The van der Waals surface area contributed by atoms with Crippen LogP contribution < -0.4 is 5.32 Å². The topological polar surface area (TPSA) is 91.4 Å². The Labute approximate surface area is 176 Å². The number of carboxylic acid groups (broad SMARTS) is 1. The second kappa shape index (κ2) is 7.33. The number of alkyl carbamates (subject to hydrolysis) is 1. The summed E-state index contributed by atoms with van der Waals surface area (Å²) in [6.45, 7) is 1.80. The first-order valence-electron chi connectivity index (χ1n) is 11.2. The molecular weight excluding hydrogens is 380 g/mol. The summed E-state index contributed by atoms with van der Waals surface area (Å²) in [5, 5.41) is 13.8. The number of nitrogens with one attached hydrogen (secondary N) is 2. The van der Waals surface area contributed by atoms with Crippen molar-refractivity contribution in [3.8, 4) is 0 Å². The van der Waals surface area contributed by atoms with Crippen LogP contribution in [0, 0.1) is 23.7 Å². The van der Waals surface area contributed by atoms with Gasteiger partial charge in [0.15, 0.2) is 0 Å². The predicted molar refractivity (Wildman–Crippen MR) is 113 cm³/mol. The van der Waals surface area contributed by atoms with Gasteiger partial charge in [-0.25, -0.2) is 9.59 Å². The number of amides is 1. The van der Waals surface area contributed by atoms with Crippen molar-refractivity contribution in [2.45, 2.75) is 63.5 Å². The van der Waals surface area contributed by atoms with Crippen LogP contribution in [-0.2, 0) is 16.0 Å². The molecule has 1 aromatic carbocycles. The normalized spacial score (nSPS) is 31.4. The molecule has 30 heavy (non-hydrogen) atoms. The molecule has 0 unspecified atom stereocenters. The van der Waals surface area contributed by atoms with E-state index in [-0.39, 0.29) is 18.9 Å². The van der Waals surface area contributed by atoms with E-state index in [1.807, 2.05) is 30.5 Å². The molecule has 1 aromatic heterocycles. The third-order valence-corrected chi connectivity index (χ3v) is 7.90. The average Bonchev–Trinajstić information content (AvgIpc) is 3.12. The van der Waals surface area contributed by atoms with Gasteiger partial charge in [-0.1, -0.05) is 25.1 Å². The van der Waals surface area contributed by atoms with Crippen LogP contribution in [0.15, 0.2) is 30.5 Å². The van der Waals surface area contributed by atoms with Crippen LogP contribution in [-0.4, -0.2) is 33.8 Å². The third-order valence-electron chi connectivity index (χ3n) is 7.90. The fourth-order valence-corrected chi connectivity index (χ4v) is 6.56. The van der Waals surface area contributed by atoms with Gasteiger partial charge in [-0.15, -0.1) is 0 Å². The number of benzene rings is 1. The quantitative estimate of drug-likeness (QED) is 0.654. The zero-order chi connectivity index (χ0) is 20.9. The Balaban J connectivity index is 1.33. The monoisotopic (exact) mass is 410 g/mol. The maximum atomic E-state index is 12.9. The van der Waals surface area contributed by atoms with Crippen LogP contribution >= 0.6 is 0 Å². The molecule has 1 amide bonds. The molecular formula is C24H30N2O4. The minimum Gasteiger partial charge on any atom is -0.479 e. The number of hydrogen-bond donors (Lipinski definition) is 3. The van der Waals surface area contributed by atoms with Crippen molar-refractivity contribution in [3.63, 3.8) is 0 Å². The van der Waals surface area contributed by atoms with E-state index < -0.39 is 17.6 Å². The highest BCUT2D eigenvalue weighted by Gasteiger charge is 2.50. The summed E-state index contributed by atoms with van der Waals surface area (Å²) >= 11 is 0. The fraction of sp³-hybridized carbons (Fsp3) is 0.583. The predicted octanol–water partition coefficient (Wildman–Crippen LogP) is 4.49. The van der Waals surface area contributed by atoms with Gasteiger partial charge in [0.2, 0.25) is 0 Å². The van der Waals surface area contributed by atoms with Gasteiger partial charge in [-0.2, -0.15) is 0 Å². The minimum absolute atomic E-state index is 0.0609. The number of hydrogen-bond acceptors (Lipinski definition) is 3. The molecule has 0 aliphatic heterocycles. The molecule has 0 saturated heterocycles. The van der Waals surface area contributed by atoms with Crippen molar-refractivity contribution in [2.24, 2.45) is 23.7 Å². The minimum atomic E-state index is -1.39. The first-order chi connectivity index (χ1) is 14.5. The first-order valence-corrected chi connectivity index (χ1v) is 11.2. The lowest BCUT2D eigenvalue weighted by Crippen LogP contribution is -2.58. The van der Waals surface area contributed by atoms with Gasteiger partial charge in [0, 0.05) is 23.5 Å². The van der Waals surface area contributed by atoms with Crippen LogP contribution in [0.2, 0.25) is 0 Å². The smallest absolute Gasteiger partial charge is 0.408 e. The van der Waals surface area contributed by atoms with Crippen molar-refractivity contribution < 1.29 is 19.4 Å². The Kier molecular flexibility index (Phi) is 4.75. The number of aromatic amines is 1. The van der Waals surface area contributed by atoms with E-state index in [1.54, 1.807) is 6.92 Å². The molecule has 2 aromatic rings. The fourth-order valence-electron chi connectivity index (χ4n) is 6.56. The Morgan fingerprint density at radius 2 is 1.80 bits per heavy atom. The van der Waals surface area contributed by atoms with Crippen molar-refractivity contribution >= 4 is 23.0 Å². The Morgan fingerprint density at radius 3 is 2.43 bits per heavy atom. The number of aromatic nitrogens is 1. The van der Waals surface area contributed by atoms with Crippen LogP contribution in [0.25, 0.3) is 10.9 Å². The number of para-hydroxylation sites is 1. The zero-order valence-corrected chi connectivity index (χ0v) is 17.4. The van der Waals surface area contributed by atoms with E-state index in [0.29, 0.717) is 11.8 Å². The van der Waals surface area contributed by atoms with E-state index in [2.05, 4.69) is 10.3 Å². The molecule has 1 heterocycles. The molecule has 6 nitrogen and oxygen atoms in total. The summed E-state index contributed by atoms with van der Waals surface area (Å²) < 4.78 is 5.92. The van der Waals surface area contributed by atoms with Crippen LogP contribution in [0.3, 0.4) is 0 Å². The van der Waals surface area contributed by atoms with Gasteiger partial charge < -0.3 is 20.1 Å². The lowest BCUT2D eigenvalue weighted by atomic mass is 9.55. The van der Waals surface area contributed by atoms with Crippen LogP contribution in [0.1, 0.15) is 51.0 Å². The molecule has 4 aliphatic rings. The largest absolute Gasteiger partial charge is 0.479 e. The molecule has 0 spiro atoms. The number of rotatable bonds is 6. The zero-order valence-electron chi connectivity index (χ0n) is 17.4. The average molecular weight is 411 g/mol. The Morgan fingerprint density at radius 1 is 1.13 bits per heavy atom. The van der Waals surface area contributed by atoms with Crippen molar-refractivity contribution in [2.75, 3.05) is 0 Å². The van der Waals surface area contributed by atoms with Gasteiger partial charge in [0.25, 0.3) is 0 Å². The lowest BCUT2D eigenvalue weighted by Gasteiger charge is -2.53. The van der Waals surface area contributed by atoms with E-state index in [0.717, 1.165) is 54.0 Å². The summed E-state index contributed by atoms with van der Waals surface area (Å²) in [7, 11) is 0. The summed E-state index contributed by atoms with van der Waals surface area (Å²) in [6, 6.07) is 7.80. The standard InChI is InChI=1S/C24H30N2O4/c1-2-24(22(27)28,12-18-13-25-20-6-4-3-5-19(18)20)26-23(29)30-21-16-8-14-7-15(10-16)11-17(21)9-14/h3-6,13-17,21,25H,2,7-12H2,1H3,(H,26,29)(H,27,28)/t14?,15?,16?,17?,21?,24-/m1/s1. The third kappa shape index (κ3) is 3.26. The lowest BCUT2D eigenvalue weighted by molar-refractivity contribution is -0.145. The van der Waals surface area contributed by atoms with Gasteiger partial charge in [-0.3, -0.25) is 0 Å². The Bertz CT molecular complexity index is 939. The maximum absolute atomic E-state index is 12.9. The molecule has 0 radical (unpaired) electrons. The number of fused-ring (bicyclic) bond motifs is 1. The van der Waals surface area contributed by atoms with E-state index >= 15 is 0 Å². The van der Waals surface area contributed by atoms with Crippen LogP contribution in [0.4, 0.5) is 4.79 Å². The number of carbonyl (C=O) groups excluding carboxylic acids is 1. The van der Waals surface area contributed by atoms with Gasteiger partial charge in [0.1, 0.15) is 11.6 Å². The van der Waals surface area contributed by atoms with E-state index in [9.17, 15) is 14.7 Å². The van der Waals surface area contributed by atoms with E-state index in [1.165, 1.54) is 6.42 Å². The molecule has 160 valence electrons. The number of ether oxygens (including phenoxy) is 1. The SMILES string of the molecule is CC[C@](Cc1c[nH]c2ccccc12)(NC(=O)OC1C2CC3CC(C2)CC1C3)C(=O)O. The summed E-state index contributed by atoms with van der Waals surface area (Å²) in [5.41, 5.74) is 0.442. The van der Waals surface area contributed by atoms with Crippen molar-refractivity contribution in [1.82, 2.24) is 10.3 Å². The molecule has 4 saturated carbocycles. The molecule has 4 fully saturated rings. The summed E-state index contributed by atoms with van der Waals surface area (Å²) in [4.78, 5) is 28.4. The summed E-state index contributed by atoms with van der Waals surface area (Å²) in [6.07, 6.45) is 7.62. The molecule has 4 bridgehead atoms. The van der Waals surface area contributed by atoms with Crippen molar-refractivity contribution in [3.05, 3.63) is 36.0 Å². The second-order valence-corrected chi connectivity index (χ2v) is 9.70.